The third-order valence-electron chi connectivity index (χ3n) is 2.82. The number of nitrogens with one attached hydrogen (secondary N) is 1. The molecule has 1 heterocycles. The standard InChI is InChI=1S/C11H11ClF3N/c12-7-4-3-6(8-2-1-5-16-8)9(10(7)13)11(14)15/h3-4,8,11,16H,1-2,5H2/t8-/m0/s1. The zero-order valence-electron chi connectivity index (χ0n) is 8.44. The van der Waals surface area contributed by atoms with Gasteiger partial charge in [-0.1, -0.05) is 17.7 Å². The number of hydrogen-bond acceptors (Lipinski definition) is 1. The lowest BCUT2D eigenvalue weighted by Gasteiger charge is -2.16. The maximum absolute atomic E-state index is 13.5. The van der Waals surface area contributed by atoms with Gasteiger partial charge in [0.1, 0.15) is 0 Å². The molecule has 0 spiro atoms. The third kappa shape index (κ3) is 2.04. The Morgan fingerprint density at radius 3 is 2.69 bits per heavy atom. The van der Waals surface area contributed by atoms with Crippen molar-refractivity contribution in [2.24, 2.45) is 0 Å². The van der Waals surface area contributed by atoms with Gasteiger partial charge in [-0.05, 0) is 31.0 Å². The van der Waals surface area contributed by atoms with E-state index in [4.69, 9.17) is 11.6 Å². The Labute approximate surface area is 96.6 Å². The SMILES string of the molecule is Fc1c(Cl)ccc([C@@H]2CCCN2)c1C(F)F. The molecule has 1 aliphatic heterocycles. The summed E-state index contributed by atoms with van der Waals surface area (Å²) in [6, 6.07) is 2.63. The molecule has 5 heteroatoms. The summed E-state index contributed by atoms with van der Waals surface area (Å²) in [6.45, 7) is 0.775. The van der Waals surface area contributed by atoms with E-state index >= 15 is 0 Å². The molecule has 0 radical (unpaired) electrons. The smallest absolute Gasteiger partial charge is 0.267 e. The van der Waals surface area contributed by atoms with Gasteiger partial charge in [-0.3, -0.25) is 0 Å². The fraction of sp³-hybridized carbons (Fsp3) is 0.455. The molecule has 1 aliphatic rings. The molecule has 1 nitrogen and oxygen atoms in total. The zero-order chi connectivity index (χ0) is 11.7. The normalized spacial score (nSPS) is 20.7. The predicted octanol–water partition coefficient (Wildman–Crippen LogP) is 3.84. The quantitative estimate of drug-likeness (QED) is 0.840. The maximum atomic E-state index is 13.5. The van der Waals surface area contributed by atoms with Crippen LogP contribution < -0.4 is 5.32 Å². The molecule has 0 aliphatic carbocycles. The summed E-state index contributed by atoms with van der Waals surface area (Å²) in [6.07, 6.45) is -1.17. The van der Waals surface area contributed by atoms with Crippen molar-refractivity contribution < 1.29 is 13.2 Å². The fourth-order valence-corrected chi connectivity index (χ4v) is 2.22. The van der Waals surface area contributed by atoms with Crippen molar-refractivity contribution in [2.45, 2.75) is 25.3 Å². The zero-order valence-corrected chi connectivity index (χ0v) is 9.20. The Morgan fingerprint density at radius 1 is 1.38 bits per heavy atom. The molecule has 0 amide bonds. The molecule has 1 aromatic rings. The lowest BCUT2D eigenvalue weighted by Crippen LogP contribution is -2.15. The maximum Gasteiger partial charge on any atom is 0.267 e. The summed E-state index contributed by atoms with van der Waals surface area (Å²) < 4.78 is 39.1. The minimum atomic E-state index is -2.84. The van der Waals surface area contributed by atoms with Crippen molar-refractivity contribution in [3.63, 3.8) is 0 Å². The second kappa shape index (κ2) is 4.63. The number of hydrogen-bond donors (Lipinski definition) is 1. The Kier molecular flexibility index (Phi) is 3.40. The fourth-order valence-electron chi connectivity index (χ4n) is 2.06. The van der Waals surface area contributed by atoms with E-state index in [-0.39, 0.29) is 11.1 Å². The Hall–Kier alpha value is -0.740. The van der Waals surface area contributed by atoms with Gasteiger partial charge in [0, 0.05) is 6.04 Å². The summed E-state index contributed by atoms with van der Waals surface area (Å²) in [7, 11) is 0. The highest BCUT2D eigenvalue weighted by molar-refractivity contribution is 6.30. The van der Waals surface area contributed by atoms with Crippen LogP contribution >= 0.6 is 11.6 Å². The summed E-state index contributed by atoms with van der Waals surface area (Å²) in [5.41, 5.74) is -0.235. The van der Waals surface area contributed by atoms with Gasteiger partial charge in [-0.2, -0.15) is 0 Å². The molecule has 0 bridgehead atoms. The van der Waals surface area contributed by atoms with Gasteiger partial charge in [0.15, 0.2) is 5.82 Å². The monoisotopic (exact) mass is 249 g/mol. The van der Waals surface area contributed by atoms with Crippen LogP contribution in [0.4, 0.5) is 13.2 Å². The summed E-state index contributed by atoms with van der Waals surface area (Å²) in [5.74, 6) is -0.997. The van der Waals surface area contributed by atoms with Gasteiger partial charge < -0.3 is 5.32 Å². The van der Waals surface area contributed by atoms with E-state index in [9.17, 15) is 13.2 Å². The molecule has 2 rings (SSSR count). The van der Waals surface area contributed by atoms with Crippen molar-refractivity contribution in [2.75, 3.05) is 6.54 Å². The number of benzene rings is 1. The van der Waals surface area contributed by atoms with Crippen LogP contribution in [0, 0.1) is 5.82 Å². The first kappa shape index (κ1) is 11.7. The minimum absolute atomic E-state index is 0.184. The van der Waals surface area contributed by atoms with Gasteiger partial charge in [0.2, 0.25) is 0 Å². The van der Waals surface area contributed by atoms with E-state index in [0.717, 1.165) is 19.4 Å². The van der Waals surface area contributed by atoms with Gasteiger partial charge in [0.25, 0.3) is 6.43 Å². The van der Waals surface area contributed by atoms with Gasteiger partial charge in [0.05, 0.1) is 10.6 Å². The summed E-state index contributed by atoms with van der Waals surface area (Å²) >= 11 is 5.51. The highest BCUT2D eigenvalue weighted by Crippen LogP contribution is 2.35. The molecule has 88 valence electrons. The van der Waals surface area contributed by atoms with E-state index < -0.39 is 17.8 Å². The van der Waals surface area contributed by atoms with Gasteiger partial charge in [-0.15, -0.1) is 0 Å². The molecule has 1 aromatic carbocycles. The Morgan fingerprint density at radius 2 is 2.12 bits per heavy atom. The van der Waals surface area contributed by atoms with E-state index in [0.29, 0.717) is 5.56 Å². The first-order chi connectivity index (χ1) is 7.61. The third-order valence-corrected chi connectivity index (χ3v) is 3.11. The largest absolute Gasteiger partial charge is 0.310 e. The second-order valence-corrected chi connectivity index (χ2v) is 4.22. The van der Waals surface area contributed by atoms with Crippen molar-refractivity contribution >= 4 is 11.6 Å². The van der Waals surface area contributed by atoms with Crippen molar-refractivity contribution in [1.29, 1.82) is 0 Å². The molecule has 1 fully saturated rings. The average molecular weight is 250 g/mol. The Balaban J connectivity index is 2.47. The molecule has 0 saturated carbocycles. The summed E-state index contributed by atoms with van der Waals surface area (Å²) in [4.78, 5) is 0. The molecule has 0 unspecified atom stereocenters. The second-order valence-electron chi connectivity index (χ2n) is 3.81. The highest BCUT2D eigenvalue weighted by atomic mass is 35.5. The molecule has 0 aromatic heterocycles. The van der Waals surface area contributed by atoms with Crippen LogP contribution in [0.1, 0.15) is 36.4 Å². The molecule has 1 atom stereocenters. The van der Waals surface area contributed by atoms with Crippen LogP contribution in [-0.2, 0) is 0 Å². The van der Waals surface area contributed by atoms with Gasteiger partial charge in [-0.25, -0.2) is 13.2 Å². The molecular formula is C11H11ClF3N. The van der Waals surface area contributed by atoms with E-state index in [2.05, 4.69) is 5.32 Å². The molecule has 16 heavy (non-hydrogen) atoms. The van der Waals surface area contributed by atoms with E-state index in [1.165, 1.54) is 12.1 Å². The van der Waals surface area contributed by atoms with Crippen molar-refractivity contribution in [3.05, 3.63) is 34.1 Å². The predicted molar refractivity (Wildman–Crippen MR) is 56.3 cm³/mol. The average Bonchev–Trinajstić information content (AvgIpc) is 2.74. The number of halogens is 4. The highest BCUT2D eigenvalue weighted by Gasteiger charge is 2.26. The number of alkyl halides is 2. The summed E-state index contributed by atoms with van der Waals surface area (Å²) in [5, 5.41) is 2.82. The van der Waals surface area contributed by atoms with Crippen LogP contribution in [0.5, 0.6) is 0 Å². The van der Waals surface area contributed by atoms with Crippen LogP contribution in [0.2, 0.25) is 5.02 Å². The lowest BCUT2D eigenvalue weighted by molar-refractivity contribution is 0.144. The topological polar surface area (TPSA) is 12.0 Å². The van der Waals surface area contributed by atoms with Crippen molar-refractivity contribution in [3.8, 4) is 0 Å². The van der Waals surface area contributed by atoms with Crippen molar-refractivity contribution in [1.82, 2.24) is 5.32 Å². The first-order valence-electron chi connectivity index (χ1n) is 5.10. The molecule has 1 N–H and O–H groups in total. The Bertz CT molecular complexity index is 389. The minimum Gasteiger partial charge on any atom is -0.310 e. The van der Waals surface area contributed by atoms with Crippen LogP contribution in [-0.4, -0.2) is 6.54 Å². The first-order valence-corrected chi connectivity index (χ1v) is 5.48. The number of rotatable bonds is 2. The van der Waals surface area contributed by atoms with Crippen LogP contribution in [0.15, 0.2) is 12.1 Å². The van der Waals surface area contributed by atoms with Gasteiger partial charge >= 0.3 is 0 Å². The molecular weight excluding hydrogens is 239 g/mol. The van der Waals surface area contributed by atoms with Crippen LogP contribution in [0.3, 0.4) is 0 Å². The van der Waals surface area contributed by atoms with Crippen LogP contribution in [0.25, 0.3) is 0 Å². The lowest BCUT2D eigenvalue weighted by atomic mass is 9.99. The van der Waals surface area contributed by atoms with E-state index in [1.54, 1.807) is 0 Å². The van der Waals surface area contributed by atoms with E-state index in [1.807, 2.05) is 0 Å². The molecule has 1 saturated heterocycles.